The molecular weight excluding hydrogens is 227 g/mol. The Morgan fingerprint density at radius 3 is 2.71 bits per heavy atom. The lowest BCUT2D eigenvalue weighted by molar-refractivity contribution is 1.28. The first-order valence-corrected chi connectivity index (χ1v) is 5.67. The maximum absolute atomic E-state index is 5.78. The summed E-state index contributed by atoms with van der Waals surface area (Å²) >= 11 is 4.37. The van der Waals surface area contributed by atoms with Gasteiger partial charge in [-0.2, -0.15) is 0 Å². The van der Waals surface area contributed by atoms with Gasteiger partial charge in [0.15, 0.2) is 0 Å². The van der Waals surface area contributed by atoms with Crippen LogP contribution in [0.3, 0.4) is 0 Å². The highest BCUT2D eigenvalue weighted by Gasteiger charge is 2.09. The number of aromatic nitrogens is 2. The topological polar surface area (TPSA) is 17.8 Å². The Balaban J connectivity index is 2.34. The van der Waals surface area contributed by atoms with Crippen LogP contribution in [0.5, 0.6) is 0 Å². The molecule has 0 aliphatic rings. The fourth-order valence-corrected chi connectivity index (χ4v) is 2.23. The van der Waals surface area contributed by atoms with Crippen LogP contribution in [0.25, 0.3) is 22.2 Å². The van der Waals surface area contributed by atoms with E-state index < -0.39 is 0 Å². The highest BCUT2D eigenvalue weighted by Crippen LogP contribution is 2.29. The van der Waals surface area contributed by atoms with E-state index in [1.165, 1.54) is 0 Å². The summed E-state index contributed by atoms with van der Waals surface area (Å²) in [5.74, 6) is 0. The van der Waals surface area contributed by atoms with Crippen molar-refractivity contribution in [1.82, 2.24) is 8.96 Å². The molecule has 80 valence electrons. The summed E-state index contributed by atoms with van der Waals surface area (Å²) in [5, 5.41) is 1.02. The quantitative estimate of drug-likeness (QED) is 0.506. The number of benzene rings is 1. The first kappa shape index (κ1) is 10.5. The molecule has 2 radical (unpaired) electrons. The predicted octanol–water partition coefficient (Wildman–Crippen LogP) is 2.19. The number of pyridine rings is 1. The smallest absolute Gasteiger partial charge is 0.150 e. The molecule has 0 N–H and O–H groups in total. The third-order valence-corrected chi connectivity index (χ3v) is 3.04. The molecular formula is C13H9BN2S. The number of hydrogen-bond acceptors (Lipinski definition) is 2. The minimum Gasteiger partial charge on any atom is -0.277 e. The molecule has 0 fully saturated rings. The molecule has 0 unspecified atom stereocenters. The van der Waals surface area contributed by atoms with E-state index in [1.54, 1.807) is 10.2 Å². The van der Waals surface area contributed by atoms with Crippen molar-refractivity contribution < 1.29 is 0 Å². The van der Waals surface area contributed by atoms with E-state index in [2.05, 4.69) is 29.9 Å². The van der Waals surface area contributed by atoms with E-state index in [4.69, 9.17) is 7.85 Å². The zero-order valence-electron chi connectivity index (χ0n) is 9.04. The Bertz CT molecular complexity index is 676. The normalized spacial score (nSPS) is 10.9. The molecule has 0 aliphatic carbocycles. The highest BCUT2D eigenvalue weighted by molar-refractivity contribution is 7.78. The first-order valence-electron chi connectivity index (χ1n) is 5.27. The molecule has 0 aliphatic heterocycles. The monoisotopic (exact) mass is 236 g/mol. The molecule has 0 bridgehead atoms. The molecule has 0 spiro atoms. The third kappa shape index (κ3) is 1.74. The largest absolute Gasteiger partial charge is 0.277 e. The van der Waals surface area contributed by atoms with Gasteiger partial charge >= 0.3 is 0 Å². The molecule has 4 heteroatoms. The van der Waals surface area contributed by atoms with Gasteiger partial charge in [-0.25, -0.2) is 4.98 Å². The van der Waals surface area contributed by atoms with Gasteiger partial charge in [0.25, 0.3) is 0 Å². The van der Waals surface area contributed by atoms with Crippen molar-refractivity contribution >= 4 is 37.2 Å². The van der Waals surface area contributed by atoms with Crippen LogP contribution < -0.4 is 5.46 Å². The molecule has 17 heavy (non-hydrogen) atoms. The van der Waals surface area contributed by atoms with Gasteiger partial charge in [-0.3, -0.25) is 3.97 Å². The molecule has 2 heterocycles. The SMILES string of the molecule is [B]c1cnc2c(c1)c(-c1ccccc1)cn2S. The molecule has 0 saturated heterocycles. The summed E-state index contributed by atoms with van der Waals surface area (Å²) in [6.07, 6.45) is 3.60. The van der Waals surface area contributed by atoms with E-state index in [0.717, 1.165) is 22.2 Å². The number of fused-ring (bicyclic) bond motifs is 1. The van der Waals surface area contributed by atoms with Crippen LogP contribution in [0.4, 0.5) is 0 Å². The van der Waals surface area contributed by atoms with Crippen molar-refractivity contribution in [1.29, 1.82) is 0 Å². The molecule has 1 aromatic carbocycles. The van der Waals surface area contributed by atoms with E-state index in [1.807, 2.05) is 30.5 Å². The lowest BCUT2D eigenvalue weighted by Gasteiger charge is -1.99. The summed E-state index contributed by atoms with van der Waals surface area (Å²) in [6.45, 7) is 0. The van der Waals surface area contributed by atoms with Crippen LogP contribution in [0.15, 0.2) is 48.8 Å². The van der Waals surface area contributed by atoms with Gasteiger partial charge in [0.1, 0.15) is 13.5 Å². The summed E-state index contributed by atoms with van der Waals surface area (Å²) in [4.78, 5) is 4.29. The maximum Gasteiger partial charge on any atom is 0.150 e. The second kappa shape index (κ2) is 3.97. The molecule has 0 atom stereocenters. The molecule has 3 rings (SSSR count). The molecule has 0 amide bonds. The predicted molar refractivity (Wildman–Crippen MR) is 74.9 cm³/mol. The molecule has 3 aromatic rings. The van der Waals surface area contributed by atoms with Crippen LogP contribution in [-0.4, -0.2) is 16.8 Å². The summed E-state index contributed by atoms with van der Waals surface area (Å²) in [5.41, 5.74) is 3.71. The Kier molecular flexibility index (Phi) is 2.44. The van der Waals surface area contributed by atoms with Crippen molar-refractivity contribution in [2.45, 2.75) is 0 Å². The zero-order chi connectivity index (χ0) is 11.8. The van der Waals surface area contributed by atoms with Gasteiger partial charge < -0.3 is 0 Å². The van der Waals surface area contributed by atoms with Gasteiger partial charge in [0, 0.05) is 23.3 Å². The van der Waals surface area contributed by atoms with Gasteiger partial charge in [-0.15, -0.1) is 0 Å². The molecule has 2 aromatic heterocycles. The minimum absolute atomic E-state index is 0.661. The van der Waals surface area contributed by atoms with E-state index in [9.17, 15) is 0 Å². The number of nitrogens with zero attached hydrogens (tertiary/aromatic N) is 2. The lowest BCUT2D eigenvalue weighted by Crippen LogP contribution is -2.02. The second-order valence-electron chi connectivity index (χ2n) is 3.89. The van der Waals surface area contributed by atoms with Gasteiger partial charge in [0.05, 0.1) is 0 Å². The third-order valence-electron chi connectivity index (χ3n) is 2.73. The highest BCUT2D eigenvalue weighted by atomic mass is 32.1. The van der Waals surface area contributed by atoms with Crippen LogP contribution >= 0.6 is 12.8 Å². The van der Waals surface area contributed by atoms with E-state index >= 15 is 0 Å². The number of hydrogen-bond donors (Lipinski definition) is 1. The fourth-order valence-electron chi connectivity index (χ4n) is 1.96. The zero-order valence-corrected chi connectivity index (χ0v) is 9.93. The Hall–Kier alpha value is -1.68. The number of rotatable bonds is 1. The average molecular weight is 236 g/mol. The van der Waals surface area contributed by atoms with Crippen molar-refractivity contribution in [2.75, 3.05) is 0 Å². The summed E-state index contributed by atoms with van der Waals surface area (Å²) in [6, 6.07) is 12.1. The summed E-state index contributed by atoms with van der Waals surface area (Å²) in [7, 11) is 5.78. The molecule has 2 nitrogen and oxygen atoms in total. The Labute approximate surface area is 106 Å². The van der Waals surface area contributed by atoms with Crippen LogP contribution in [0, 0.1) is 0 Å². The Morgan fingerprint density at radius 2 is 1.94 bits per heavy atom. The summed E-state index contributed by atoms with van der Waals surface area (Å²) < 4.78 is 1.72. The fraction of sp³-hybridized carbons (Fsp3) is 0. The van der Waals surface area contributed by atoms with Crippen molar-refractivity contribution in [3.63, 3.8) is 0 Å². The average Bonchev–Trinajstić information content (AvgIpc) is 2.67. The van der Waals surface area contributed by atoms with Crippen LogP contribution in [-0.2, 0) is 0 Å². The maximum atomic E-state index is 5.78. The number of thiol groups is 1. The van der Waals surface area contributed by atoms with Gasteiger partial charge in [0.2, 0.25) is 0 Å². The van der Waals surface area contributed by atoms with Gasteiger partial charge in [-0.1, -0.05) is 54.7 Å². The first-order chi connectivity index (χ1) is 8.25. The van der Waals surface area contributed by atoms with Crippen molar-refractivity contribution in [3.8, 4) is 11.1 Å². The van der Waals surface area contributed by atoms with E-state index in [-0.39, 0.29) is 0 Å². The lowest BCUT2D eigenvalue weighted by atomic mass is 9.96. The van der Waals surface area contributed by atoms with Crippen molar-refractivity contribution in [3.05, 3.63) is 48.8 Å². The second-order valence-corrected chi connectivity index (χ2v) is 4.32. The minimum atomic E-state index is 0.661. The standard InChI is InChI=1S/C13H9BN2S/c14-10-6-11-12(9-4-2-1-3-5-9)8-16(17)13(11)15-7-10/h1-8,17H. The van der Waals surface area contributed by atoms with Crippen LogP contribution in [0.2, 0.25) is 0 Å². The van der Waals surface area contributed by atoms with Gasteiger partial charge in [-0.05, 0) is 5.56 Å². The van der Waals surface area contributed by atoms with Crippen LogP contribution in [0.1, 0.15) is 0 Å². The molecule has 0 saturated carbocycles. The van der Waals surface area contributed by atoms with E-state index in [0.29, 0.717) is 5.46 Å². The van der Waals surface area contributed by atoms with Crippen molar-refractivity contribution in [2.24, 2.45) is 0 Å². The Morgan fingerprint density at radius 1 is 1.18 bits per heavy atom.